The number of ether oxygens (including phenoxy) is 3. The van der Waals surface area contributed by atoms with Crippen LogP contribution >= 0.6 is 0 Å². The molecule has 1 aliphatic heterocycles. The minimum absolute atomic E-state index is 0.259. The molecule has 0 atom stereocenters. The van der Waals surface area contributed by atoms with Crippen LogP contribution in [-0.2, 0) is 9.47 Å². The number of carbonyl (C=O) groups is 2. The van der Waals surface area contributed by atoms with Crippen LogP contribution in [0.15, 0.2) is 36.7 Å². The molecule has 172 valence electrons. The Morgan fingerprint density at radius 3 is 2.25 bits per heavy atom. The minimum Gasteiger partial charge on any atom is -0.463 e. The normalized spacial score (nSPS) is 14.6. The van der Waals surface area contributed by atoms with Crippen molar-refractivity contribution in [3.8, 4) is 17.1 Å². The summed E-state index contributed by atoms with van der Waals surface area (Å²) in [6.45, 7) is 7.43. The van der Waals surface area contributed by atoms with E-state index in [1.165, 1.54) is 7.11 Å². The van der Waals surface area contributed by atoms with E-state index in [4.69, 9.17) is 9.47 Å². The van der Waals surface area contributed by atoms with Gasteiger partial charge in [-0.25, -0.2) is 19.6 Å². The lowest BCUT2D eigenvalue weighted by Gasteiger charge is -2.33. The second-order valence-corrected chi connectivity index (χ2v) is 8.67. The van der Waals surface area contributed by atoms with Crippen LogP contribution in [0.5, 0.6) is 6.01 Å². The fourth-order valence-electron chi connectivity index (χ4n) is 3.26. The number of piperidine rings is 1. The smallest absolute Gasteiger partial charge is 0.411 e. The number of amides is 2. The summed E-state index contributed by atoms with van der Waals surface area (Å²) in [5, 5.41) is 2.60. The summed E-state index contributed by atoms with van der Waals surface area (Å²) in [6, 6.07) is 7.61. The van der Waals surface area contributed by atoms with Crippen molar-refractivity contribution < 1.29 is 23.8 Å². The summed E-state index contributed by atoms with van der Waals surface area (Å²) < 4.78 is 15.8. The molecular weight excluding hydrogens is 412 g/mol. The summed E-state index contributed by atoms with van der Waals surface area (Å²) in [4.78, 5) is 33.8. The lowest BCUT2D eigenvalue weighted by Crippen LogP contribution is -2.42. The van der Waals surface area contributed by atoms with Crippen LogP contribution in [0.3, 0.4) is 0 Å². The topological polar surface area (TPSA) is 103 Å². The molecule has 0 saturated carbocycles. The molecule has 9 heteroatoms. The highest BCUT2D eigenvalue weighted by Crippen LogP contribution is 2.23. The van der Waals surface area contributed by atoms with Gasteiger partial charge in [0.05, 0.1) is 13.7 Å². The molecule has 1 fully saturated rings. The SMILES string of the molecule is COC(=O)Nc1ccc(-c2cnc(OCC3CCN(C(=O)OC(C)(C)C)CC3)nc2)cc1. The fourth-order valence-corrected chi connectivity index (χ4v) is 3.26. The first kappa shape index (κ1) is 23.3. The Morgan fingerprint density at radius 1 is 1.06 bits per heavy atom. The molecule has 0 bridgehead atoms. The molecule has 9 nitrogen and oxygen atoms in total. The first-order chi connectivity index (χ1) is 15.2. The van der Waals surface area contributed by atoms with E-state index in [2.05, 4.69) is 20.0 Å². The number of hydrogen-bond donors (Lipinski definition) is 1. The van der Waals surface area contributed by atoms with Gasteiger partial charge in [-0.2, -0.15) is 0 Å². The summed E-state index contributed by atoms with van der Waals surface area (Å²) in [6.07, 6.45) is 4.34. The molecule has 0 radical (unpaired) electrons. The zero-order valence-electron chi connectivity index (χ0n) is 19.0. The van der Waals surface area contributed by atoms with Crippen molar-refractivity contribution in [1.82, 2.24) is 14.9 Å². The number of benzene rings is 1. The van der Waals surface area contributed by atoms with Crippen LogP contribution in [0.2, 0.25) is 0 Å². The minimum atomic E-state index is -0.516. The maximum absolute atomic E-state index is 12.2. The number of anilines is 1. The Hall–Kier alpha value is -3.36. The van der Waals surface area contributed by atoms with E-state index in [0.29, 0.717) is 37.3 Å². The Balaban J connectivity index is 1.45. The van der Waals surface area contributed by atoms with Gasteiger partial charge in [0.15, 0.2) is 0 Å². The standard InChI is InChI=1S/C23H30N4O5/c1-23(2,3)32-22(29)27-11-9-16(10-12-27)15-31-20-24-13-18(14-25-20)17-5-7-19(8-6-17)26-21(28)30-4/h5-8,13-14,16H,9-12,15H2,1-4H3,(H,26,28). The average Bonchev–Trinajstić information content (AvgIpc) is 2.78. The van der Waals surface area contributed by atoms with Crippen molar-refractivity contribution in [2.45, 2.75) is 39.2 Å². The van der Waals surface area contributed by atoms with Gasteiger partial charge in [-0.15, -0.1) is 0 Å². The van der Waals surface area contributed by atoms with Crippen LogP contribution in [0.4, 0.5) is 15.3 Å². The van der Waals surface area contributed by atoms with Gasteiger partial charge < -0.3 is 19.1 Å². The van der Waals surface area contributed by atoms with Crippen LogP contribution in [0, 0.1) is 5.92 Å². The maximum atomic E-state index is 12.2. The number of nitrogens with one attached hydrogen (secondary N) is 1. The number of hydrogen-bond acceptors (Lipinski definition) is 7. The zero-order chi connectivity index (χ0) is 23.1. The van der Waals surface area contributed by atoms with Crippen molar-refractivity contribution >= 4 is 17.9 Å². The second kappa shape index (κ2) is 10.3. The lowest BCUT2D eigenvalue weighted by atomic mass is 9.98. The highest BCUT2D eigenvalue weighted by atomic mass is 16.6. The van der Waals surface area contributed by atoms with Gasteiger partial charge in [-0.3, -0.25) is 5.32 Å². The van der Waals surface area contributed by atoms with Crippen molar-refractivity contribution in [3.63, 3.8) is 0 Å². The monoisotopic (exact) mass is 442 g/mol. The third-order valence-electron chi connectivity index (χ3n) is 4.99. The highest BCUT2D eigenvalue weighted by Gasteiger charge is 2.27. The third kappa shape index (κ3) is 6.83. The van der Waals surface area contributed by atoms with Gasteiger partial charge in [0.1, 0.15) is 5.60 Å². The molecule has 1 saturated heterocycles. The Kier molecular flexibility index (Phi) is 7.50. The predicted octanol–water partition coefficient (Wildman–Crippen LogP) is 4.35. The molecule has 3 rings (SSSR count). The van der Waals surface area contributed by atoms with Crippen LogP contribution in [0.25, 0.3) is 11.1 Å². The van der Waals surface area contributed by atoms with Gasteiger partial charge in [0, 0.05) is 36.7 Å². The molecule has 1 aromatic carbocycles. The van der Waals surface area contributed by atoms with E-state index in [-0.39, 0.29) is 6.09 Å². The average molecular weight is 443 g/mol. The molecule has 2 heterocycles. The molecule has 2 amide bonds. The quantitative estimate of drug-likeness (QED) is 0.734. The van der Waals surface area contributed by atoms with Crippen molar-refractivity contribution in [1.29, 1.82) is 0 Å². The molecule has 0 aliphatic carbocycles. The number of nitrogens with zero attached hydrogens (tertiary/aromatic N) is 3. The first-order valence-corrected chi connectivity index (χ1v) is 10.6. The van der Waals surface area contributed by atoms with Gasteiger partial charge >= 0.3 is 18.2 Å². The largest absolute Gasteiger partial charge is 0.463 e. The Labute approximate surface area is 188 Å². The molecule has 1 N–H and O–H groups in total. The van der Waals surface area contributed by atoms with Gasteiger partial charge in [0.25, 0.3) is 0 Å². The number of aromatic nitrogens is 2. The highest BCUT2D eigenvalue weighted by molar-refractivity contribution is 5.84. The molecule has 1 aliphatic rings. The number of rotatable bonds is 5. The molecule has 2 aromatic rings. The van der Waals surface area contributed by atoms with E-state index < -0.39 is 11.7 Å². The van der Waals surface area contributed by atoms with Crippen molar-refractivity contribution in [3.05, 3.63) is 36.7 Å². The summed E-state index contributed by atoms with van der Waals surface area (Å²) in [5.41, 5.74) is 1.91. The van der Waals surface area contributed by atoms with Gasteiger partial charge in [-0.1, -0.05) is 12.1 Å². The lowest BCUT2D eigenvalue weighted by molar-refractivity contribution is 0.0163. The second-order valence-electron chi connectivity index (χ2n) is 8.67. The Morgan fingerprint density at radius 2 is 1.69 bits per heavy atom. The number of methoxy groups -OCH3 is 1. The Bertz CT molecular complexity index is 901. The van der Waals surface area contributed by atoms with E-state index in [1.54, 1.807) is 29.4 Å². The third-order valence-corrected chi connectivity index (χ3v) is 4.99. The van der Waals surface area contributed by atoms with Crippen LogP contribution < -0.4 is 10.1 Å². The fraction of sp³-hybridized carbons (Fsp3) is 0.478. The predicted molar refractivity (Wildman–Crippen MR) is 120 cm³/mol. The first-order valence-electron chi connectivity index (χ1n) is 10.6. The van der Waals surface area contributed by atoms with E-state index in [9.17, 15) is 9.59 Å². The van der Waals surface area contributed by atoms with E-state index in [0.717, 1.165) is 24.0 Å². The van der Waals surface area contributed by atoms with E-state index in [1.807, 2.05) is 32.9 Å². The molecule has 0 unspecified atom stereocenters. The molecule has 0 spiro atoms. The van der Waals surface area contributed by atoms with Crippen LogP contribution in [0.1, 0.15) is 33.6 Å². The molecule has 32 heavy (non-hydrogen) atoms. The van der Waals surface area contributed by atoms with Crippen molar-refractivity contribution in [2.24, 2.45) is 5.92 Å². The molecular formula is C23H30N4O5. The summed E-state index contributed by atoms with van der Waals surface area (Å²) >= 11 is 0. The number of carbonyl (C=O) groups excluding carboxylic acids is 2. The summed E-state index contributed by atoms with van der Waals surface area (Å²) in [7, 11) is 1.32. The number of likely N-dealkylation sites (tertiary alicyclic amines) is 1. The van der Waals surface area contributed by atoms with Crippen molar-refractivity contribution in [2.75, 3.05) is 32.1 Å². The van der Waals surface area contributed by atoms with Gasteiger partial charge in [-0.05, 0) is 57.2 Å². The van der Waals surface area contributed by atoms with Gasteiger partial charge in [0.2, 0.25) is 0 Å². The molecule has 1 aromatic heterocycles. The maximum Gasteiger partial charge on any atom is 0.411 e. The van der Waals surface area contributed by atoms with Crippen LogP contribution in [-0.4, -0.2) is 59.5 Å². The summed E-state index contributed by atoms with van der Waals surface area (Å²) in [5.74, 6) is 0.340. The van der Waals surface area contributed by atoms with E-state index >= 15 is 0 Å². The zero-order valence-corrected chi connectivity index (χ0v) is 19.0.